The van der Waals surface area contributed by atoms with Gasteiger partial charge in [0.05, 0.1) is 11.5 Å². The van der Waals surface area contributed by atoms with Crippen LogP contribution in [0.3, 0.4) is 0 Å². The van der Waals surface area contributed by atoms with Crippen molar-refractivity contribution < 1.29 is 19.2 Å². The minimum absolute atomic E-state index is 0.0444. The fourth-order valence-corrected chi connectivity index (χ4v) is 3.70. The minimum atomic E-state index is -0.808. The molecule has 0 aromatic heterocycles. The van der Waals surface area contributed by atoms with E-state index in [4.69, 9.17) is 4.74 Å². The Kier molecular flexibility index (Phi) is 4.88. The van der Waals surface area contributed by atoms with E-state index in [0.717, 1.165) is 12.1 Å². The van der Waals surface area contributed by atoms with Gasteiger partial charge in [0, 0.05) is 41.4 Å². The average molecular weight is 356 g/mol. The third-order valence-electron chi connectivity index (χ3n) is 4.77. The van der Waals surface area contributed by atoms with Crippen molar-refractivity contribution in [2.24, 2.45) is 5.92 Å². The summed E-state index contributed by atoms with van der Waals surface area (Å²) in [5.41, 5.74) is 2.18. The molecule has 1 aliphatic carbocycles. The molecule has 7 heteroatoms. The molecule has 1 aromatic rings. The maximum Gasteiger partial charge on any atom is 0.315 e. The number of carbonyl (C=O) groups excluding carboxylic acids is 2. The van der Waals surface area contributed by atoms with E-state index in [1.165, 1.54) is 12.1 Å². The average Bonchev–Trinajstić information content (AvgIpc) is 2.61. The van der Waals surface area contributed by atoms with E-state index >= 15 is 0 Å². The first-order valence-electron chi connectivity index (χ1n) is 8.57. The number of allylic oxidation sites excluding steroid dienone is 2. The van der Waals surface area contributed by atoms with Gasteiger partial charge in [-0.2, -0.15) is 0 Å². The second-order valence-corrected chi connectivity index (χ2v) is 6.38. The lowest BCUT2D eigenvalue weighted by Gasteiger charge is -2.38. The predicted molar refractivity (Wildman–Crippen MR) is 94.1 cm³/mol. The van der Waals surface area contributed by atoms with Crippen molar-refractivity contribution in [3.8, 4) is 0 Å². The molecule has 0 radical (unpaired) electrons. The highest BCUT2D eigenvalue weighted by molar-refractivity contribution is 6.00. The standard InChI is InChI=1S/C19H20N2O5/c1-3-26-19(23)16-11(2)20-14-8-5-9-15(22)18(14)17(16)12-6-4-7-13(10-12)21(24)25/h4,6-7,10,16-17,20H,2-3,5,8-9H2,1H3. The number of nitro benzene ring substituents is 1. The van der Waals surface area contributed by atoms with Crippen LogP contribution in [0.2, 0.25) is 0 Å². The Labute approximate surface area is 150 Å². The van der Waals surface area contributed by atoms with Crippen LogP contribution in [0, 0.1) is 16.0 Å². The molecular formula is C19H20N2O5. The molecule has 1 aromatic carbocycles. The van der Waals surface area contributed by atoms with Crippen molar-refractivity contribution >= 4 is 17.4 Å². The third kappa shape index (κ3) is 3.12. The Morgan fingerprint density at radius 2 is 2.19 bits per heavy atom. The summed E-state index contributed by atoms with van der Waals surface area (Å²) in [7, 11) is 0. The van der Waals surface area contributed by atoms with Crippen molar-refractivity contribution in [2.75, 3.05) is 6.61 Å². The van der Waals surface area contributed by atoms with Gasteiger partial charge in [-0.05, 0) is 25.3 Å². The quantitative estimate of drug-likeness (QED) is 0.506. The number of esters is 1. The van der Waals surface area contributed by atoms with Gasteiger partial charge in [-0.15, -0.1) is 0 Å². The number of hydrogen-bond acceptors (Lipinski definition) is 6. The van der Waals surface area contributed by atoms with Crippen LogP contribution in [0.4, 0.5) is 5.69 Å². The Morgan fingerprint density at radius 1 is 1.42 bits per heavy atom. The molecule has 2 unspecified atom stereocenters. The Hall–Kier alpha value is -2.96. The van der Waals surface area contributed by atoms with Crippen LogP contribution < -0.4 is 5.32 Å². The van der Waals surface area contributed by atoms with Crippen LogP contribution in [0.25, 0.3) is 0 Å². The number of non-ortho nitro benzene ring substituents is 1. The summed E-state index contributed by atoms with van der Waals surface area (Å²) in [6.07, 6.45) is 1.80. The van der Waals surface area contributed by atoms with Crippen LogP contribution in [-0.4, -0.2) is 23.3 Å². The Balaban J connectivity index is 2.17. The van der Waals surface area contributed by atoms with Crippen LogP contribution in [0.5, 0.6) is 0 Å². The topological polar surface area (TPSA) is 98.5 Å². The first-order chi connectivity index (χ1) is 12.4. The zero-order valence-corrected chi connectivity index (χ0v) is 14.5. The van der Waals surface area contributed by atoms with Gasteiger partial charge in [0.2, 0.25) is 0 Å². The van der Waals surface area contributed by atoms with Gasteiger partial charge in [0.25, 0.3) is 5.69 Å². The Morgan fingerprint density at radius 3 is 2.88 bits per heavy atom. The molecule has 1 heterocycles. The number of benzene rings is 1. The lowest BCUT2D eigenvalue weighted by molar-refractivity contribution is -0.384. The van der Waals surface area contributed by atoms with Gasteiger partial charge in [-0.25, -0.2) is 0 Å². The van der Waals surface area contributed by atoms with Crippen molar-refractivity contribution in [1.29, 1.82) is 0 Å². The largest absolute Gasteiger partial charge is 0.465 e. The van der Waals surface area contributed by atoms with E-state index < -0.39 is 22.7 Å². The van der Waals surface area contributed by atoms with E-state index in [-0.39, 0.29) is 18.1 Å². The molecule has 7 nitrogen and oxygen atoms in total. The smallest absolute Gasteiger partial charge is 0.315 e. The molecule has 0 saturated heterocycles. The maximum absolute atomic E-state index is 12.7. The fraction of sp³-hybridized carbons (Fsp3) is 0.368. The molecule has 0 spiro atoms. The molecule has 136 valence electrons. The van der Waals surface area contributed by atoms with Crippen LogP contribution >= 0.6 is 0 Å². The minimum Gasteiger partial charge on any atom is -0.465 e. The molecule has 26 heavy (non-hydrogen) atoms. The number of Topliss-reactive ketones (excluding diaryl/α,β-unsaturated/α-hetero) is 1. The summed E-state index contributed by atoms with van der Waals surface area (Å²) in [6, 6.07) is 6.07. The highest BCUT2D eigenvalue weighted by Gasteiger charge is 2.44. The summed E-state index contributed by atoms with van der Waals surface area (Å²) in [4.78, 5) is 35.9. The summed E-state index contributed by atoms with van der Waals surface area (Å²) in [5.74, 6) is -1.98. The molecule has 1 N–H and O–H groups in total. The number of ketones is 1. The van der Waals surface area contributed by atoms with E-state index in [1.54, 1.807) is 19.1 Å². The highest BCUT2D eigenvalue weighted by Crippen LogP contribution is 2.44. The van der Waals surface area contributed by atoms with E-state index in [1.807, 2.05) is 0 Å². The number of nitrogens with one attached hydrogen (secondary N) is 1. The van der Waals surface area contributed by atoms with Gasteiger partial charge >= 0.3 is 5.97 Å². The van der Waals surface area contributed by atoms with Gasteiger partial charge in [0.15, 0.2) is 5.78 Å². The first-order valence-corrected chi connectivity index (χ1v) is 8.57. The Bertz CT molecular complexity index is 827. The molecule has 3 rings (SSSR count). The van der Waals surface area contributed by atoms with Crippen LogP contribution in [0.1, 0.15) is 37.7 Å². The molecule has 0 bridgehead atoms. The van der Waals surface area contributed by atoms with Gasteiger partial charge in [-0.1, -0.05) is 18.7 Å². The second kappa shape index (κ2) is 7.11. The summed E-state index contributed by atoms with van der Waals surface area (Å²) in [5, 5.41) is 14.3. The third-order valence-corrected chi connectivity index (χ3v) is 4.77. The second-order valence-electron chi connectivity index (χ2n) is 6.38. The van der Waals surface area contributed by atoms with Crippen molar-refractivity contribution in [1.82, 2.24) is 5.32 Å². The molecule has 2 aliphatic rings. The highest BCUT2D eigenvalue weighted by atomic mass is 16.6. The predicted octanol–water partition coefficient (Wildman–Crippen LogP) is 2.98. The number of carbonyl (C=O) groups is 2. The number of nitro groups is 1. The summed E-state index contributed by atoms with van der Waals surface area (Å²) >= 11 is 0. The summed E-state index contributed by atoms with van der Waals surface area (Å²) in [6.45, 7) is 5.86. The maximum atomic E-state index is 12.7. The summed E-state index contributed by atoms with van der Waals surface area (Å²) < 4.78 is 5.19. The van der Waals surface area contributed by atoms with E-state index in [0.29, 0.717) is 29.7 Å². The molecular weight excluding hydrogens is 336 g/mol. The lowest BCUT2D eigenvalue weighted by Crippen LogP contribution is -2.41. The van der Waals surface area contributed by atoms with Crippen LogP contribution in [0.15, 0.2) is 47.8 Å². The van der Waals surface area contributed by atoms with Gasteiger partial charge in [-0.3, -0.25) is 19.7 Å². The van der Waals surface area contributed by atoms with Crippen molar-refractivity contribution in [3.05, 3.63) is 63.5 Å². The zero-order valence-electron chi connectivity index (χ0n) is 14.5. The zero-order chi connectivity index (χ0) is 18.8. The first kappa shape index (κ1) is 17.8. The molecule has 0 fully saturated rings. The molecule has 0 saturated carbocycles. The van der Waals surface area contributed by atoms with Crippen LogP contribution in [-0.2, 0) is 14.3 Å². The molecule has 0 amide bonds. The molecule has 1 aliphatic heterocycles. The molecule has 2 atom stereocenters. The van der Waals surface area contributed by atoms with E-state index in [2.05, 4.69) is 11.9 Å². The van der Waals surface area contributed by atoms with Gasteiger partial charge < -0.3 is 10.1 Å². The number of rotatable bonds is 4. The number of ether oxygens (including phenoxy) is 1. The normalized spacial score (nSPS) is 22.5. The van der Waals surface area contributed by atoms with Gasteiger partial charge in [0.1, 0.15) is 5.92 Å². The van der Waals surface area contributed by atoms with Crippen molar-refractivity contribution in [2.45, 2.75) is 32.1 Å². The fourth-order valence-electron chi connectivity index (χ4n) is 3.70. The number of nitrogens with zero attached hydrogens (tertiary/aromatic N) is 1. The SMILES string of the molecule is C=C1NC2=C(C(=O)CCC2)C(c2cccc([N+](=O)[O-])c2)C1C(=O)OCC. The number of hydrogen-bond donors (Lipinski definition) is 1. The monoisotopic (exact) mass is 356 g/mol. The van der Waals surface area contributed by atoms with E-state index in [9.17, 15) is 19.7 Å². The lowest BCUT2D eigenvalue weighted by atomic mass is 9.71. The van der Waals surface area contributed by atoms with Crippen molar-refractivity contribution in [3.63, 3.8) is 0 Å².